The molecule has 2 aromatic carbocycles. The molecule has 2 aromatic rings. The topological polar surface area (TPSA) is 29.1 Å². The first-order chi connectivity index (χ1) is 11.2. The Morgan fingerprint density at radius 2 is 1.67 bits per heavy atom. The summed E-state index contributed by atoms with van der Waals surface area (Å²) in [5.74, 6) is -2.44. The second-order valence-electron chi connectivity index (χ2n) is 5.33. The third-order valence-electron chi connectivity index (χ3n) is 3.47. The molecule has 0 aliphatic rings. The molecule has 0 bridgehead atoms. The number of hydrogen-bond acceptors (Lipinski definition) is 1. The first-order valence-electron chi connectivity index (χ1n) is 7.07. The van der Waals surface area contributed by atoms with Gasteiger partial charge in [-0.3, -0.25) is 4.79 Å². The van der Waals surface area contributed by atoms with Crippen LogP contribution in [0.4, 0.5) is 22.0 Å². The molecule has 0 fully saturated rings. The molecule has 2 rings (SSSR count). The molecular weight excluding hydrogens is 329 g/mol. The maximum absolute atomic E-state index is 13.2. The van der Waals surface area contributed by atoms with Crippen LogP contribution in [0.2, 0.25) is 0 Å². The van der Waals surface area contributed by atoms with Gasteiger partial charge in [0.2, 0.25) is 5.91 Å². The predicted octanol–water partition coefficient (Wildman–Crippen LogP) is 4.40. The summed E-state index contributed by atoms with van der Waals surface area (Å²) in [5, 5.41) is 2.59. The fraction of sp³-hybridized carbons (Fsp3) is 0.235. The highest BCUT2D eigenvalue weighted by Crippen LogP contribution is 2.29. The zero-order valence-electron chi connectivity index (χ0n) is 12.6. The summed E-state index contributed by atoms with van der Waals surface area (Å²) in [6.45, 7) is 1.59. The zero-order chi connectivity index (χ0) is 17.9. The molecule has 0 aliphatic carbocycles. The molecule has 0 aromatic heterocycles. The monoisotopic (exact) mass is 343 g/mol. The highest BCUT2D eigenvalue weighted by Gasteiger charge is 2.30. The Labute approximate surface area is 135 Å². The van der Waals surface area contributed by atoms with Crippen LogP contribution in [0, 0.1) is 11.6 Å². The molecule has 0 saturated carbocycles. The third-order valence-corrected chi connectivity index (χ3v) is 3.47. The highest BCUT2D eigenvalue weighted by atomic mass is 19.4. The molecule has 1 N–H and O–H groups in total. The minimum absolute atomic E-state index is 0.119. The highest BCUT2D eigenvalue weighted by molar-refractivity contribution is 5.79. The molecule has 1 atom stereocenters. The summed E-state index contributed by atoms with van der Waals surface area (Å²) in [7, 11) is 0. The van der Waals surface area contributed by atoms with Crippen molar-refractivity contribution in [1.29, 1.82) is 0 Å². The van der Waals surface area contributed by atoms with Crippen molar-refractivity contribution >= 4 is 5.91 Å². The van der Waals surface area contributed by atoms with Crippen LogP contribution >= 0.6 is 0 Å². The molecule has 1 amide bonds. The van der Waals surface area contributed by atoms with E-state index in [0.717, 1.165) is 24.3 Å². The molecule has 0 radical (unpaired) electrons. The minimum atomic E-state index is -4.43. The van der Waals surface area contributed by atoms with Crippen molar-refractivity contribution < 1.29 is 26.7 Å². The van der Waals surface area contributed by atoms with Gasteiger partial charge in [0.05, 0.1) is 18.0 Å². The van der Waals surface area contributed by atoms with E-state index in [2.05, 4.69) is 5.32 Å². The van der Waals surface area contributed by atoms with E-state index in [1.54, 1.807) is 6.92 Å². The number of carbonyl (C=O) groups excluding carboxylic acids is 1. The number of rotatable bonds is 4. The Balaban J connectivity index is 1.98. The van der Waals surface area contributed by atoms with Gasteiger partial charge in [-0.15, -0.1) is 0 Å². The van der Waals surface area contributed by atoms with Gasteiger partial charge in [-0.1, -0.05) is 18.2 Å². The molecule has 7 heteroatoms. The lowest BCUT2D eigenvalue weighted by Crippen LogP contribution is -2.28. The lowest BCUT2D eigenvalue weighted by atomic mass is 10.1. The second kappa shape index (κ2) is 6.98. The maximum atomic E-state index is 13.2. The molecule has 128 valence electrons. The second-order valence-corrected chi connectivity index (χ2v) is 5.33. The molecule has 1 unspecified atom stereocenters. The molecule has 0 saturated heterocycles. The number of carbonyl (C=O) groups is 1. The van der Waals surface area contributed by atoms with Crippen LogP contribution in [0.1, 0.15) is 29.7 Å². The lowest BCUT2D eigenvalue weighted by Gasteiger charge is -2.15. The van der Waals surface area contributed by atoms with E-state index >= 15 is 0 Å². The van der Waals surface area contributed by atoms with Crippen LogP contribution in [0.5, 0.6) is 0 Å². The Morgan fingerprint density at radius 1 is 1.04 bits per heavy atom. The molecule has 0 spiro atoms. The first kappa shape index (κ1) is 17.9. The van der Waals surface area contributed by atoms with Crippen molar-refractivity contribution in [3.05, 3.63) is 70.8 Å². The van der Waals surface area contributed by atoms with Crippen LogP contribution in [0.25, 0.3) is 0 Å². The first-order valence-corrected chi connectivity index (χ1v) is 7.07. The van der Waals surface area contributed by atoms with Gasteiger partial charge < -0.3 is 5.32 Å². The number of nitrogens with one attached hydrogen (secondary N) is 1. The number of alkyl halides is 3. The van der Waals surface area contributed by atoms with Crippen molar-refractivity contribution in [3.8, 4) is 0 Å². The normalized spacial score (nSPS) is 12.8. The molecule has 0 heterocycles. The maximum Gasteiger partial charge on any atom is 0.416 e. The van der Waals surface area contributed by atoms with Crippen molar-refractivity contribution in [2.24, 2.45) is 0 Å². The number of amides is 1. The van der Waals surface area contributed by atoms with Crippen molar-refractivity contribution in [2.75, 3.05) is 0 Å². The Hall–Kier alpha value is -2.44. The largest absolute Gasteiger partial charge is 0.416 e. The van der Waals surface area contributed by atoms with E-state index in [4.69, 9.17) is 0 Å². The summed E-state index contributed by atoms with van der Waals surface area (Å²) in [6, 6.07) is 6.99. The van der Waals surface area contributed by atoms with Crippen molar-refractivity contribution in [2.45, 2.75) is 25.6 Å². The van der Waals surface area contributed by atoms with E-state index in [9.17, 15) is 26.7 Å². The van der Waals surface area contributed by atoms with E-state index < -0.39 is 35.3 Å². The summed E-state index contributed by atoms with van der Waals surface area (Å²) in [6.07, 6.45) is -4.55. The van der Waals surface area contributed by atoms with Gasteiger partial charge in [0.15, 0.2) is 11.6 Å². The van der Waals surface area contributed by atoms with Crippen LogP contribution in [-0.4, -0.2) is 5.91 Å². The predicted molar refractivity (Wildman–Crippen MR) is 78.1 cm³/mol. The van der Waals surface area contributed by atoms with E-state index in [1.807, 2.05) is 0 Å². The minimum Gasteiger partial charge on any atom is -0.349 e. The fourth-order valence-electron chi connectivity index (χ4n) is 2.15. The average Bonchev–Trinajstić information content (AvgIpc) is 2.49. The molecule has 2 nitrogen and oxygen atoms in total. The smallest absolute Gasteiger partial charge is 0.349 e. The quantitative estimate of drug-likeness (QED) is 0.819. The Kier molecular flexibility index (Phi) is 5.21. The van der Waals surface area contributed by atoms with E-state index in [0.29, 0.717) is 11.1 Å². The van der Waals surface area contributed by atoms with Crippen LogP contribution < -0.4 is 5.32 Å². The van der Waals surface area contributed by atoms with Crippen molar-refractivity contribution in [1.82, 2.24) is 5.32 Å². The Bertz CT molecular complexity index is 725. The average molecular weight is 343 g/mol. The number of halogens is 5. The lowest BCUT2D eigenvalue weighted by molar-refractivity contribution is -0.137. The van der Waals surface area contributed by atoms with Crippen LogP contribution in [0.3, 0.4) is 0 Å². The van der Waals surface area contributed by atoms with Crippen LogP contribution in [0.15, 0.2) is 42.5 Å². The van der Waals surface area contributed by atoms with Gasteiger partial charge in [0.1, 0.15) is 0 Å². The van der Waals surface area contributed by atoms with Gasteiger partial charge in [0.25, 0.3) is 0 Å². The number of hydrogen-bond donors (Lipinski definition) is 1. The Morgan fingerprint density at radius 3 is 2.21 bits per heavy atom. The molecular formula is C17H14F5NO. The van der Waals surface area contributed by atoms with E-state index in [1.165, 1.54) is 18.2 Å². The van der Waals surface area contributed by atoms with Gasteiger partial charge >= 0.3 is 6.18 Å². The van der Waals surface area contributed by atoms with Gasteiger partial charge in [-0.25, -0.2) is 8.78 Å². The summed E-state index contributed by atoms with van der Waals surface area (Å²) in [4.78, 5) is 11.9. The van der Waals surface area contributed by atoms with E-state index in [-0.39, 0.29) is 6.42 Å². The van der Waals surface area contributed by atoms with Crippen LogP contribution in [-0.2, 0) is 17.4 Å². The zero-order valence-corrected chi connectivity index (χ0v) is 12.6. The summed E-state index contributed by atoms with van der Waals surface area (Å²) < 4.78 is 63.5. The standard InChI is InChI=1S/C17H14F5NO/c1-10(12-4-7-14(18)15(19)9-12)23-16(24)8-11-2-5-13(6-3-11)17(20,21)22/h2-7,9-10H,8H2,1H3,(H,23,24). The molecule has 0 aliphatic heterocycles. The van der Waals surface area contributed by atoms with Gasteiger partial charge in [0, 0.05) is 0 Å². The SMILES string of the molecule is CC(NC(=O)Cc1ccc(C(F)(F)F)cc1)c1ccc(F)c(F)c1. The van der Waals surface area contributed by atoms with Crippen molar-refractivity contribution in [3.63, 3.8) is 0 Å². The fourth-order valence-corrected chi connectivity index (χ4v) is 2.15. The summed E-state index contributed by atoms with van der Waals surface area (Å²) in [5.41, 5.74) is 0.00877. The van der Waals surface area contributed by atoms with Gasteiger partial charge in [-0.2, -0.15) is 13.2 Å². The van der Waals surface area contributed by atoms with Gasteiger partial charge in [-0.05, 0) is 42.3 Å². The third kappa shape index (κ3) is 4.53. The molecule has 24 heavy (non-hydrogen) atoms. The number of benzene rings is 2. The summed E-state index contributed by atoms with van der Waals surface area (Å²) >= 11 is 0.